The van der Waals surface area contributed by atoms with Crippen molar-refractivity contribution in [2.75, 3.05) is 18.1 Å². The third kappa shape index (κ3) is 3.56. The van der Waals surface area contributed by atoms with Crippen molar-refractivity contribution in [2.24, 2.45) is 0 Å². The van der Waals surface area contributed by atoms with Gasteiger partial charge in [0.15, 0.2) is 0 Å². The highest BCUT2D eigenvalue weighted by Crippen LogP contribution is 2.20. The number of rotatable bonds is 5. The van der Waals surface area contributed by atoms with Crippen LogP contribution in [0, 0.1) is 0 Å². The molecule has 3 nitrogen and oxygen atoms in total. The van der Waals surface area contributed by atoms with Gasteiger partial charge in [-0.3, -0.25) is 0 Å². The van der Waals surface area contributed by atoms with Crippen molar-refractivity contribution in [3.63, 3.8) is 0 Å². The number of hydrogen-bond acceptors (Lipinski definition) is 3. The molecule has 0 saturated carbocycles. The SMILES string of the molecule is CCCCCOc1cc(N)cc(N)c1. The summed E-state index contributed by atoms with van der Waals surface area (Å²) in [6.07, 6.45) is 3.46. The molecule has 1 aromatic rings. The fourth-order valence-corrected chi connectivity index (χ4v) is 1.27. The van der Waals surface area contributed by atoms with Gasteiger partial charge in [0.25, 0.3) is 0 Å². The van der Waals surface area contributed by atoms with Gasteiger partial charge in [-0.1, -0.05) is 19.8 Å². The second-order valence-electron chi connectivity index (χ2n) is 3.39. The number of anilines is 2. The summed E-state index contributed by atoms with van der Waals surface area (Å²) in [7, 11) is 0. The van der Waals surface area contributed by atoms with Crippen LogP contribution in [0.15, 0.2) is 18.2 Å². The number of unbranched alkanes of at least 4 members (excludes halogenated alkanes) is 2. The predicted molar refractivity (Wildman–Crippen MR) is 60.3 cm³/mol. The lowest BCUT2D eigenvalue weighted by Crippen LogP contribution is -1.99. The Morgan fingerprint density at radius 3 is 2.29 bits per heavy atom. The van der Waals surface area contributed by atoms with Gasteiger partial charge in [-0.25, -0.2) is 0 Å². The molecular formula is C11H18N2O. The van der Waals surface area contributed by atoms with Crippen molar-refractivity contribution in [1.82, 2.24) is 0 Å². The van der Waals surface area contributed by atoms with Crippen LogP contribution in [0.25, 0.3) is 0 Å². The summed E-state index contributed by atoms with van der Waals surface area (Å²) in [6.45, 7) is 2.90. The zero-order valence-corrected chi connectivity index (χ0v) is 8.62. The van der Waals surface area contributed by atoms with Crippen molar-refractivity contribution in [3.05, 3.63) is 18.2 Å². The maximum atomic E-state index is 5.63. The molecule has 0 fully saturated rings. The Hall–Kier alpha value is -1.38. The van der Waals surface area contributed by atoms with E-state index in [1.807, 2.05) is 0 Å². The molecule has 4 N–H and O–H groups in total. The second kappa shape index (κ2) is 5.37. The molecule has 0 aliphatic rings. The molecule has 78 valence electrons. The van der Waals surface area contributed by atoms with Crippen molar-refractivity contribution >= 4 is 11.4 Å². The van der Waals surface area contributed by atoms with Crippen LogP contribution < -0.4 is 16.2 Å². The summed E-state index contributed by atoms with van der Waals surface area (Å²) in [5.74, 6) is 0.763. The average molecular weight is 194 g/mol. The summed E-state index contributed by atoms with van der Waals surface area (Å²) in [4.78, 5) is 0. The fourth-order valence-electron chi connectivity index (χ4n) is 1.27. The molecule has 0 spiro atoms. The van der Waals surface area contributed by atoms with Crippen LogP contribution in [-0.4, -0.2) is 6.61 Å². The zero-order chi connectivity index (χ0) is 10.4. The number of nitrogen functional groups attached to an aromatic ring is 2. The van der Waals surface area contributed by atoms with E-state index in [2.05, 4.69) is 6.92 Å². The van der Waals surface area contributed by atoms with Crippen molar-refractivity contribution < 1.29 is 4.74 Å². The van der Waals surface area contributed by atoms with Crippen molar-refractivity contribution in [2.45, 2.75) is 26.2 Å². The van der Waals surface area contributed by atoms with E-state index >= 15 is 0 Å². The van der Waals surface area contributed by atoms with E-state index in [4.69, 9.17) is 16.2 Å². The minimum Gasteiger partial charge on any atom is -0.493 e. The molecule has 1 rings (SSSR count). The minimum absolute atomic E-state index is 0.649. The van der Waals surface area contributed by atoms with Gasteiger partial charge in [-0.05, 0) is 12.5 Å². The summed E-state index contributed by atoms with van der Waals surface area (Å²) in [5, 5.41) is 0. The highest BCUT2D eigenvalue weighted by Gasteiger charge is 1.97. The molecule has 1 aromatic carbocycles. The van der Waals surface area contributed by atoms with Gasteiger partial charge in [0.2, 0.25) is 0 Å². The maximum absolute atomic E-state index is 5.63. The Morgan fingerprint density at radius 1 is 1.07 bits per heavy atom. The lowest BCUT2D eigenvalue weighted by atomic mass is 10.2. The first kappa shape index (κ1) is 10.7. The molecule has 0 radical (unpaired) electrons. The number of benzene rings is 1. The van der Waals surface area contributed by atoms with E-state index in [0.29, 0.717) is 11.4 Å². The van der Waals surface area contributed by atoms with E-state index < -0.39 is 0 Å². The highest BCUT2D eigenvalue weighted by molar-refractivity contribution is 5.56. The van der Waals surface area contributed by atoms with Crippen molar-refractivity contribution in [1.29, 1.82) is 0 Å². The third-order valence-electron chi connectivity index (χ3n) is 1.97. The van der Waals surface area contributed by atoms with Crippen LogP contribution >= 0.6 is 0 Å². The topological polar surface area (TPSA) is 61.3 Å². The monoisotopic (exact) mass is 194 g/mol. The van der Waals surface area contributed by atoms with Crippen LogP contribution in [0.5, 0.6) is 5.75 Å². The van der Waals surface area contributed by atoms with Crippen LogP contribution in [0.4, 0.5) is 11.4 Å². The standard InChI is InChI=1S/C11H18N2O/c1-2-3-4-5-14-11-7-9(12)6-10(13)8-11/h6-8H,2-5,12-13H2,1H3. The molecular weight excluding hydrogens is 176 g/mol. The predicted octanol–water partition coefficient (Wildman–Crippen LogP) is 2.42. The van der Waals surface area contributed by atoms with Crippen LogP contribution in [0.2, 0.25) is 0 Å². The largest absolute Gasteiger partial charge is 0.493 e. The van der Waals surface area contributed by atoms with Gasteiger partial charge in [0.05, 0.1) is 6.61 Å². The summed E-state index contributed by atoms with van der Waals surface area (Å²) < 4.78 is 5.51. The molecule has 3 heteroatoms. The van der Waals surface area contributed by atoms with E-state index in [1.54, 1.807) is 18.2 Å². The number of nitrogens with two attached hydrogens (primary N) is 2. The highest BCUT2D eigenvalue weighted by atomic mass is 16.5. The molecule has 0 atom stereocenters. The van der Waals surface area contributed by atoms with Crippen LogP contribution in [-0.2, 0) is 0 Å². The van der Waals surface area contributed by atoms with Gasteiger partial charge in [-0.2, -0.15) is 0 Å². The molecule has 0 bridgehead atoms. The van der Waals surface area contributed by atoms with Crippen molar-refractivity contribution in [3.8, 4) is 5.75 Å². The molecule has 0 unspecified atom stereocenters. The number of ether oxygens (including phenoxy) is 1. The molecule has 0 aliphatic heterocycles. The Kier molecular flexibility index (Phi) is 4.11. The van der Waals surface area contributed by atoms with E-state index in [0.717, 1.165) is 18.8 Å². The van der Waals surface area contributed by atoms with Gasteiger partial charge in [0, 0.05) is 23.5 Å². The smallest absolute Gasteiger partial charge is 0.123 e. The first-order valence-electron chi connectivity index (χ1n) is 5.01. The van der Waals surface area contributed by atoms with E-state index in [-0.39, 0.29) is 0 Å². The quantitative estimate of drug-likeness (QED) is 0.559. The van der Waals surface area contributed by atoms with Gasteiger partial charge >= 0.3 is 0 Å². The fraction of sp³-hybridized carbons (Fsp3) is 0.455. The lowest BCUT2D eigenvalue weighted by Gasteiger charge is -2.07. The molecule has 0 aromatic heterocycles. The van der Waals surface area contributed by atoms with E-state index in [1.165, 1.54) is 12.8 Å². The first-order valence-corrected chi connectivity index (χ1v) is 5.01. The van der Waals surface area contributed by atoms with Gasteiger partial charge in [0.1, 0.15) is 5.75 Å². The zero-order valence-electron chi connectivity index (χ0n) is 8.62. The third-order valence-corrected chi connectivity index (χ3v) is 1.97. The molecule has 14 heavy (non-hydrogen) atoms. The number of hydrogen-bond donors (Lipinski definition) is 2. The Balaban J connectivity index is 2.42. The van der Waals surface area contributed by atoms with Crippen LogP contribution in [0.1, 0.15) is 26.2 Å². The summed E-state index contributed by atoms with van der Waals surface area (Å²) >= 11 is 0. The Bertz CT molecular complexity index is 266. The first-order chi connectivity index (χ1) is 6.72. The maximum Gasteiger partial charge on any atom is 0.123 e. The molecule has 0 saturated heterocycles. The molecule has 0 heterocycles. The summed E-state index contributed by atoms with van der Waals surface area (Å²) in [6, 6.07) is 5.31. The van der Waals surface area contributed by atoms with Gasteiger partial charge < -0.3 is 16.2 Å². The average Bonchev–Trinajstić information content (AvgIpc) is 2.11. The van der Waals surface area contributed by atoms with Gasteiger partial charge in [-0.15, -0.1) is 0 Å². The normalized spacial score (nSPS) is 10.1. The molecule has 0 amide bonds. The van der Waals surface area contributed by atoms with Crippen LogP contribution in [0.3, 0.4) is 0 Å². The minimum atomic E-state index is 0.649. The van der Waals surface area contributed by atoms with E-state index in [9.17, 15) is 0 Å². The Morgan fingerprint density at radius 2 is 1.71 bits per heavy atom. The lowest BCUT2D eigenvalue weighted by molar-refractivity contribution is 0.306. The summed E-state index contributed by atoms with van der Waals surface area (Å²) in [5.41, 5.74) is 12.6. The second-order valence-corrected chi connectivity index (χ2v) is 3.39. The molecule has 0 aliphatic carbocycles. The Labute approximate surface area is 85.0 Å².